The molecule has 1 aliphatic rings. The van der Waals surface area contributed by atoms with Crippen molar-refractivity contribution in [2.75, 3.05) is 20.2 Å². The summed E-state index contributed by atoms with van der Waals surface area (Å²) in [6.07, 6.45) is 2.27. The minimum absolute atomic E-state index is 0.152. The first-order chi connectivity index (χ1) is 9.60. The van der Waals surface area contributed by atoms with E-state index in [4.69, 9.17) is 4.74 Å². The molecule has 110 valence electrons. The van der Waals surface area contributed by atoms with Crippen molar-refractivity contribution in [3.8, 4) is 5.75 Å². The molecule has 1 saturated heterocycles. The van der Waals surface area contributed by atoms with Gasteiger partial charge in [-0.25, -0.2) is 0 Å². The van der Waals surface area contributed by atoms with Crippen LogP contribution in [0.1, 0.15) is 24.8 Å². The second kappa shape index (κ2) is 7.09. The molecule has 1 aromatic carbocycles. The summed E-state index contributed by atoms with van der Waals surface area (Å²) in [6.45, 7) is 1.32. The van der Waals surface area contributed by atoms with Crippen LogP contribution in [0.5, 0.6) is 5.75 Å². The Labute approximate surface area is 127 Å². The largest absolute Gasteiger partial charge is 0.496 e. The van der Waals surface area contributed by atoms with Crippen LogP contribution in [0.4, 0.5) is 0 Å². The molecule has 5 heteroatoms. The predicted octanol–water partition coefficient (Wildman–Crippen LogP) is 2.37. The standard InChI is InChI=1S/C15H20BrNO3/c1-20-14-4-3-12(16)10-11(14)2-5-15(19)17-8-6-13(18)7-9-17/h3-4,10,13,18H,2,5-9H2,1H3. The maximum Gasteiger partial charge on any atom is 0.222 e. The van der Waals surface area contributed by atoms with Crippen molar-refractivity contribution in [1.82, 2.24) is 4.90 Å². The third kappa shape index (κ3) is 3.96. The van der Waals surface area contributed by atoms with Gasteiger partial charge in [0, 0.05) is 24.0 Å². The van der Waals surface area contributed by atoms with Gasteiger partial charge in [0.05, 0.1) is 13.2 Å². The Morgan fingerprint density at radius 1 is 1.45 bits per heavy atom. The summed E-state index contributed by atoms with van der Waals surface area (Å²) in [5.74, 6) is 0.967. The van der Waals surface area contributed by atoms with Gasteiger partial charge in [0.15, 0.2) is 0 Å². The van der Waals surface area contributed by atoms with Gasteiger partial charge in [0.25, 0.3) is 0 Å². The summed E-state index contributed by atoms with van der Waals surface area (Å²) in [5, 5.41) is 9.46. The lowest BCUT2D eigenvalue weighted by atomic mass is 10.1. The van der Waals surface area contributed by atoms with Gasteiger partial charge in [-0.05, 0) is 43.0 Å². The highest BCUT2D eigenvalue weighted by Gasteiger charge is 2.21. The number of ether oxygens (including phenoxy) is 1. The average molecular weight is 342 g/mol. The molecule has 1 aromatic rings. The number of carbonyl (C=O) groups is 1. The van der Waals surface area contributed by atoms with E-state index in [1.165, 1.54) is 0 Å². The average Bonchev–Trinajstić information content (AvgIpc) is 2.45. The lowest BCUT2D eigenvalue weighted by Crippen LogP contribution is -2.40. The summed E-state index contributed by atoms with van der Waals surface area (Å²) in [7, 11) is 1.64. The van der Waals surface area contributed by atoms with Crippen molar-refractivity contribution in [3.63, 3.8) is 0 Å². The van der Waals surface area contributed by atoms with E-state index in [9.17, 15) is 9.90 Å². The number of hydrogen-bond acceptors (Lipinski definition) is 3. The molecule has 0 atom stereocenters. The fourth-order valence-corrected chi connectivity index (χ4v) is 2.87. The molecule has 1 amide bonds. The molecule has 0 unspecified atom stereocenters. The lowest BCUT2D eigenvalue weighted by molar-refractivity contribution is -0.133. The van der Waals surface area contributed by atoms with Crippen molar-refractivity contribution < 1.29 is 14.6 Å². The van der Waals surface area contributed by atoms with E-state index in [1.807, 2.05) is 23.1 Å². The molecule has 0 spiro atoms. The summed E-state index contributed by atoms with van der Waals surface area (Å²) in [5.41, 5.74) is 1.03. The van der Waals surface area contributed by atoms with Gasteiger partial charge < -0.3 is 14.7 Å². The van der Waals surface area contributed by atoms with Crippen LogP contribution in [-0.4, -0.2) is 42.2 Å². The van der Waals surface area contributed by atoms with Crippen molar-refractivity contribution in [2.45, 2.75) is 31.8 Å². The Bertz CT molecular complexity index is 470. The molecule has 1 heterocycles. The highest BCUT2D eigenvalue weighted by atomic mass is 79.9. The quantitative estimate of drug-likeness (QED) is 0.914. The van der Waals surface area contributed by atoms with Crippen LogP contribution < -0.4 is 4.74 Å². The van der Waals surface area contributed by atoms with Crippen LogP contribution in [0.2, 0.25) is 0 Å². The van der Waals surface area contributed by atoms with E-state index in [2.05, 4.69) is 15.9 Å². The monoisotopic (exact) mass is 341 g/mol. The van der Waals surface area contributed by atoms with E-state index in [0.29, 0.717) is 38.8 Å². The van der Waals surface area contributed by atoms with Crippen molar-refractivity contribution in [3.05, 3.63) is 28.2 Å². The van der Waals surface area contributed by atoms with Gasteiger partial charge in [0.2, 0.25) is 5.91 Å². The third-order valence-corrected chi connectivity index (χ3v) is 4.16. The van der Waals surface area contributed by atoms with Gasteiger partial charge in [-0.15, -0.1) is 0 Å². The number of amides is 1. The topological polar surface area (TPSA) is 49.8 Å². The number of carbonyl (C=O) groups excluding carboxylic acids is 1. The zero-order valence-electron chi connectivity index (χ0n) is 11.6. The summed E-state index contributed by atoms with van der Waals surface area (Å²) in [4.78, 5) is 14.0. The molecule has 0 bridgehead atoms. The number of aliphatic hydroxyl groups excluding tert-OH is 1. The molecule has 20 heavy (non-hydrogen) atoms. The lowest BCUT2D eigenvalue weighted by Gasteiger charge is -2.29. The number of likely N-dealkylation sites (tertiary alicyclic amines) is 1. The third-order valence-electron chi connectivity index (χ3n) is 3.67. The zero-order valence-corrected chi connectivity index (χ0v) is 13.2. The maximum atomic E-state index is 12.2. The molecule has 1 fully saturated rings. The molecular weight excluding hydrogens is 322 g/mol. The Kier molecular flexibility index (Phi) is 5.43. The van der Waals surface area contributed by atoms with Gasteiger partial charge in [-0.3, -0.25) is 4.79 Å². The summed E-state index contributed by atoms with van der Waals surface area (Å²) in [6, 6.07) is 5.82. The smallest absolute Gasteiger partial charge is 0.222 e. The van der Waals surface area contributed by atoms with Crippen LogP contribution >= 0.6 is 15.9 Å². The second-order valence-electron chi connectivity index (χ2n) is 5.07. The highest BCUT2D eigenvalue weighted by Crippen LogP contribution is 2.24. The van der Waals surface area contributed by atoms with Crippen LogP contribution in [0.15, 0.2) is 22.7 Å². The van der Waals surface area contributed by atoms with Crippen molar-refractivity contribution >= 4 is 21.8 Å². The van der Waals surface area contributed by atoms with Crippen LogP contribution in [0.3, 0.4) is 0 Å². The molecule has 1 N–H and O–H groups in total. The zero-order chi connectivity index (χ0) is 14.5. The predicted molar refractivity (Wildman–Crippen MR) is 80.8 cm³/mol. The Morgan fingerprint density at radius 2 is 2.15 bits per heavy atom. The number of aryl methyl sites for hydroxylation is 1. The van der Waals surface area contributed by atoms with Gasteiger partial charge in [-0.2, -0.15) is 0 Å². The number of hydrogen-bond donors (Lipinski definition) is 1. The maximum absolute atomic E-state index is 12.2. The molecule has 0 aliphatic carbocycles. The number of benzene rings is 1. The number of methoxy groups -OCH3 is 1. The first-order valence-corrected chi connectivity index (χ1v) is 7.67. The minimum Gasteiger partial charge on any atom is -0.496 e. The Hall–Kier alpha value is -1.07. The van der Waals surface area contributed by atoms with E-state index < -0.39 is 0 Å². The van der Waals surface area contributed by atoms with E-state index in [-0.39, 0.29) is 12.0 Å². The van der Waals surface area contributed by atoms with Crippen LogP contribution in [-0.2, 0) is 11.2 Å². The van der Waals surface area contributed by atoms with Crippen molar-refractivity contribution in [2.24, 2.45) is 0 Å². The molecule has 1 aliphatic heterocycles. The summed E-state index contributed by atoms with van der Waals surface area (Å²) >= 11 is 3.44. The Balaban J connectivity index is 1.91. The Morgan fingerprint density at radius 3 is 2.80 bits per heavy atom. The highest BCUT2D eigenvalue weighted by molar-refractivity contribution is 9.10. The van der Waals surface area contributed by atoms with E-state index >= 15 is 0 Å². The SMILES string of the molecule is COc1ccc(Br)cc1CCC(=O)N1CCC(O)CC1. The fraction of sp³-hybridized carbons (Fsp3) is 0.533. The number of rotatable bonds is 4. The number of halogens is 1. The van der Waals surface area contributed by atoms with Crippen LogP contribution in [0, 0.1) is 0 Å². The molecule has 0 aromatic heterocycles. The number of nitrogens with zero attached hydrogens (tertiary/aromatic N) is 1. The minimum atomic E-state index is -0.246. The first kappa shape index (κ1) is 15.3. The molecule has 4 nitrogen and oxygen atoms in total. The van der Waals surface area contributed by atoms with Gasteiger partial charge >= 0.3 is 0 Å². The second-order valence-corrected chi connectivity index (χ2v) is 5.98. The van der Waals surface area contributed by atoms with Crippen LogP contribution in [0.25, 0.3) is 0 Å². The first-order valence-electron chi connectivity index (χ1n) is 6.88. The van der Waals surface area contributed by atoms with Gasteiger partial charge in [-0.1, -0.05) is 15.9 Å². The van der Waals surface area contributed by atoms with Crippen molar-refractivity contribution in [1.29, 1.82) is 0 Å². The summed E-state index contributed by atoms with van der Waals surface area (Å²) < 4.78 is 6.30. The molecular formula is C15H20BrNO3. The van der Waals surface area contributed by atoms with E-state index in [0.717, 1.165) is 15.8 Å². The molecule has 0 saturated carbocycles. The fourth-order valence-electron chi connectivity index (χ4n) is 2.46. The number of aliphatic hydroxyl groups is 1. The number of piperidine rings is 1. The normalized spacial score (nSPS) is 16.2. The molecule has 0 radical (unpaired) electrons. The van der Waals surface area contributed by atoms with Gasteiger partial charge in [0.1, 0.15) is 5.75 Å². The van der Waals surface area contributed by atoms with E-state index in [1.54, 1.807) is 7.11 Å². The molecule has 2 rings (SSSR count).